The minimum Gasteiger partial charge on any atom is -0.368 e. The van der Waals surface area contributed by atoms with Crippen molar-refractivity contribution in [2.24, 2.45) is 0 Å². The first-order valence-corrected chi connectivity index (χ1v) is 10.2. The molecule has 0 unspecified atom stereocenters. The van der Waals surface area contributed by atoms with E-state index in [0.29, 0.717) is 24.2 Å². The highest BCUT2D eigenvalue weighted by molar-refractivity contribution is 5.98. The summed E-state index contributed by atoms with van der Waals surface area (Å²) in [5.74, 6) is 0.125. The smallest absolute Gasteiger partial charge is 0.253 e. The predicted molar refractivity (Wildman–Crippen MR) is 111 cm³/mol. The zero-order valence-corrected chi connectivity index (χ0v) is 16.2. The maximum absolute atomic E-state index is 12.8. The van der Waals surface area contributed by atoms with Gasteiger partial charge in [-0.1, -0.05) is 18.2 Å². The number of piperidine rings is 1. The van der Waals surface area contributed by atoms with Gasteiger partial charge in [0, 0.05) is 56.1 Å². The third kappa shape index (κ3) is 4.03. The average molecular weight is 377 g/mol. The molecule has 2 fully saturated rings. The SMILES string of the molecule is O=C(c1ccc(C(=O)N2CCN(c3ccccc3)CC2)cc1)N1CCCCC1. The van der Waals surface area contributed by atoms with E-state index in [9.17, 15) is 9.59 Å². The lowest BCUT2D eigenvalue weighted by molar-refractivity contribution is 0.0719. The summed E-state index contributed by atoms with van der Waals surface area (Å²) >= 11 is 0. The number of rotatable bonds is 3. The molecule has 0 radical (unpaired) electrons. The molecule has 2 aliphatic rings. The van der Waals surface area contributed by atoms with Crippen LogP contribution in [0.3, 0.4) is 0 Å². The first-order valence-electron chi connectivity index (χ1n) is 10.2. The fourth-order valence-electron chi connectivity index (χ4n) is 4.02. The van der Waals surface area contributed by atoms with Gasteiger partial charge in [-0.15, -0.1) is 0 Å². The van der Waals surface area contributed by atoms with Crippen LogP contribution >= 0.6 is 0 Å². The van der Waals surface area contributed by atoms with Crippen LogP contribution in [0, 0.1) is 0 Å². The minimum absolute atomic E-state index is 0.0460. The van der Waals surface area contributed by atoms with Crippen LogP contribution in [-0.4, -0.2) is 60.9 Å². The Kier molecular flexibility index (Phi) is 5.60. The Morgan fingerprint density at radius 2 is 1.07 bits per heavy atom. The number of nitrogens with zero attached hydrogens (tertiary/aromatic N) is 3. The van der Waals surface area contributed by atoms with E-state index in [4.69, 9.17) is 0 Å². The highest BCUT2D eigenvalue weighted by Crippen LogP contribution is 2.18. The van der Waals surface area contributed by atoms with E-state index in [2.05, 4.69) is 17.0 Å². The molecule has 0 aromatic heterocycles. The van der Waals surface area contributed by atoms with Crippen molar-refractivity contribution in [3.8, 4) is 0 Å². The second kappa shape index (κ2) is 8.46. The van der Waals surface area contributed by atoms with Crippen molar-refractivity contribution >= 4 is 17.5 Å². The highest BCUT2D eigenvalue weighted by atomic mass is 16.2. The topological polar surface area (TPSA) is 43.9 Å². The molecular formula is C23H27N3O2. The van der Waals surface area contributed by atoms with Gasteiger partial charge >= 0.3 is 0 Å². The summed E-state index contributed by atoms with van der Waals surface area (Å²) in [6.07, 6.45) is 3.36. The van der Waals surface area contributed by atoms with Crippen molar-refractivity contribution in [1.29, 1.82) is 0 Å². The van der Waals surface area contributed by atoms with Gasteiger partial charge in [-0.3, -0.25) is 9.59 Å². The fraction of sp³-hybridized carbons (Fsp3) is 0.391. The number of carbonyl (C=O) groups excluding carboxylic acids is 2. The number of amides is 2. The second-order valence-corrected chi connectivity index (χ2v) is 7.55. The first-order chi connectivity index (χ1) is 13.7. The maximum atomic E-state index is 12.8. The van der Waals surface area contributed by atoms with E-state index < -0.39 is 0 Å². The summed E-state index contributed by atoms with van der Waals surface area (Å²) in [5, 5.41) is 0. The van der Waals surface area contributed by atoms with Crippen molar-refractivity contribution in [1.82, 2.24) is 9.80 Å². The molecular weight excluding hydrogens is 350 g/mol. The molecule has 5 nitrogen and oxygen atoms in total. The number of anilines is 1. The Bertz CT molecular complexity index is 806. The molecule has 2 aromatic carbocycles. The van der Waals surface area contributed by atoms with Gasteiger partial charge < -0.3 is 14.7 Å². The van der Waals surface area contributed by atoms with Crippen LogP contribution in [0.15, 0.2) is 54.6 Å². The molecule has 2 saturated heterocycles. The number of carbonyl (C=O) groups is 2. The van der Waals surface area contributed by atoms with Gasteiger partial charge in [0.25, 0.3) is 11.8 Å². The number of para-hydroxylation sites is 1. The molecule has 2 amide bonds. The number of likely N-dealkylation sites (tertiary alicyclic amines) is 1. The Morgan fingerprint density at radius 3 is 1.61 bits per heavy atom. The van der Waals surface area contributed by atoms with Gasteiger partial charge in [-0.2, -0.15) is 0 Å². The van der Waals surface area contributed by atoms with E-state index in [1.807, 2.05) is 28.0 Å². The molecule has 2 aromatic rings. The summed E-state index contributed by atoms with van der Waals surface area (Å²) in [5.41, 5.74) is 2.53. The summed E-state index contributed by atoms with van der Waals surface area (Å²) in [6, 6.07) is 17.5. The standard InChI is InChI=1S/C23H27N3O2/c27-22(25-13-5-2-6-14-25)19-9-11-20(12-10-19)23(28)26-17-15-24(16-18-26)21-7-3-1-4-8-21/h1,3-4,7-12H,2,5-6,13-18H2. The monoisotopic (exact) mass is 377 g/mol. The molecule has 0 atom stereocenters. The van der Waals surface area contributed by atoms with E-state index in [0.717, 1.165) is 39.0 Å². The zero-order chi connectivity index (χ0) is 19.3. The van der Waals surface area contributed by atoms with Gasteiger partial charge in [0.05, 0.1) is 0 Å². The predicted octanol–water partition coefficient (Wildman–Crippen LogP) is 3.28. The van der Waals surface area contributed by atoms with Crippen LogP contribution in [0.5, 0.6) is 0 Å². The first kappa shape index (κ1) is 18.5. The summed E-state index contributed by atoms with van der Waals surface area (Å²) < 4.78 is 0. The normalized spacial score (nSPS) is 17.5. The highest BCUT2D eigenvalue weighted by Gasteiger charge is 2.23. The number of piperazine rings is 1. The minimum atomic E-state index is 0.0460. The molecule has 0 saturated carbocycles. The number of benzene rings is 2. The molecule has 2 heterocycles. The summed E-state index contributed by atoms with van der Waals surface area (Å²) in [7, 11) is 0. The molecule has 4 rings (SSSR count). The molecule has 5 heteroatoms. The Morgan fingerprint density at radius 1 is 0.571 bits per heavy atom. The number of hydrogen-bond acceptors (Lipinski definition) is 3. The van der Waals surface area contributed by atoms with Crippen LogP contribution in [0.2, 0.25) is 0 Å². The Balaban J connectivity index is 1.35. The van der Waals surface area contributed by atoms with Crippen molar-refractivity contribution in [2.75, 3.05) is 44.2 Å². The van der Waals surface area contributed by atoms with E-state index in [1.54, 1.807) is 24.3 Å². The lowest BCUT2D eigenvalue weighted by Gasteiger charge is -2.36. The van der Waals surface area contributed by atoms with Crippen molar-refractivity contribution in [3.63, 3.8) is 0 Å². The largest absolute Gasteiger partial charge is 0.368 e. The molecule has 146 valence electrons. The van der Waals surface area contributed by atoms with Crippen LogP contribution in [0.1, 0.15) is 40.0 Å². The van der Waals surface area contributed by atoms with Crippen molar-refractivity contribution in [2.45, 2.75) is 19.3 Å². The van der Waals surface area contributed by atoms with E-state index in [1.165, 1.54) is 12.1 Å². The lowest BCUT2D eigenvalue weighted by Crippen LogP contribution is -2.48. The molecule has 28 heavy (non-hydrogen) atoms. The third-order valence-electron chi connectivity index (χ3n) is 5.71. The summed E-state index contributed by atoms with van der Waals surface area (Å²) in [4.78, 5) is 31.5. The number of hydrogen-bond donors (Lipinski definition) is 0. The van der Waals surface area contributed by atoms with Gasteiger partial charge in [0.15, 0.2) is 0 Å². The van der Waals surface area contributed by atoms with E-state index >= 15 is 0 Å². The third-order valence-corrected chi connectivity index (χ3v) is 5.71. The quantitative estimate of drug-likeness (QED) is 0.825. The lowest BCUT2D eigenvalue weighted by atomic mass is 10.1. The second-order valence-electron chi connectivity index (χ2n) is 7.55. The van der Waals surface area contributed by atoms with Crippen LogP contribution in [-0.2, 0) is 0 Å². The van der Waals surface area contributed by atoms with Gasteiger partial charge in [-0.25, -0.2) is 0 Å². The molecule has 2 aliphatic heterocycles. The van der Waals surface area contributed by atoms with Crippen molar-refractivity contribution < 1.29 is 9.59 Å². The van der Waals surface area contributed by atoms with Crippen molar-refractivity contribution in [3.05, 3.63) is 65.7 Å². The van der Waals surface area contributed by atoms with Gasteiger partial charge in [0.1, 0.15) is 0 Å². The Hall–Kier alpha value is -2.82. The van der Waals surface area contributed by atoms with Crippen LogP contribution in [0.4, 0.5) is 5.69 Å². The average Bonchev–Trinajstić information content (AvgIpc) is 2.79. The Labute approximate surface area is 166 Å². The van der Waals surface area contributed by atoms with Gasteiger partial charge in [0.2, 0.25) is 0 Å². The summed E-state index contributed by atoms with van der Waals surface area (Å²) in [6.45, 7) is 4.77. The zero-order valence-electron chi connectivity index (χ0n) is 16.2. The van der Waals surface area contributed by atoms with E-state index in [-0.39, 0.29) is 11.8 Å². The fourth-order valence-corrected chi connectivity index (χ4v) is 4.02. The molecule has 0 N–H and O–H groups in total. The van der Waals surface area contributed by atoms with Crippen LogP contribution in [0.25, 0.3) is 0 Å². The van der Waals surface area contributed by atoms with Gasteiger partial charge in [-0.05, 0) is 55.7 Å². The molecule has 0 spiro atoms. The maximum Gasteiger partial charge on any atom is 0.253 e. The molecule has 0 aliphatic carbocycles. The van der Waals surface area contributed by atoms with Crippen LogP contribution < -0.4 is 4.90 Å². The molecule has 0 bridgehead atoms.